The number of phenols is 1. The number of aliphatic hydroxyl groups excluding tert-OH is 9. The van der Waals surface area contributed by atoms with Crippen molar-refractivity contribution in [3.63, 3.8) is 0 Å². The van der Waals surface area contributed by atoms with Gasteiger partial charge in [-0.2, -0.15) is 0 Å². The van der Waals surface area contributed by atoms with Crippen LogP contribution in [0.25, 0.3) is 6.08 Å². The molecule has 0 radical (unpaired) electrons. The Labute approximate surface area is 443 Å². The topological polar surface area (TPSA) is 398 Å². The van der Waals surface area contributed by atoms with E-state index in [4.69, 9.17) is 56.8 Å². The molecule has 0 aromatic heterocycles. The molecule has 27 heteroatoms. The molecule has 4 aliphatic heterocycles. The third-order valence-corrected chi connectivity index (χ3v) is 12.8. The second kappa shape index (κ2) is 26.7. The van der Waals surface area contributed by atoms with Crippen molar-refractivity contribution in [1.29, 1.82) is 0 Å². The number of carbonyl (C=O) groups excluding carboxylic acids is 5. The molecule has 7 rings (SSSR count). The van der Waals surface area contributed by atoms with Gasteiger partial charge in [-0.3, -0.25) is 9.59 Å². The minimum atomic E-state index is -2.87. The number of hydrogen-bond donors (Lipinski definition) is 10. The SMILES string of the molecule is CC(=O)OC[C@@H]1O[C@@H](O[C@@H]2[C@@H](O[C@@H]3O[C@@H](CO)[C@@H](O)[C@H](O)[C@H]3O)[C@@H](O[C@]3(COC(=O)c4ccccc4)O[C@H](CO)[C@@H](O)[C@@H]3OC(=O)c3ccccc3)O[C@H](COC(C)=O)[C@H]2OC(=O)/C=C\c2ccc(O)cc2)[C@H](O)[C@@H](O)[C@@H]1O. The Morgan fingerprint density at radius 2 is 1.05 bits per heavy atom. The Morgan fingerprint density at radius 1 is 0.538 bits per heavy atom. The monoisotopic (exact) mass is 1100 g/mol. The van der Waals surface area contributed by atoms with Crippen molar-refractivity contribution < 1.29 is 132 Å². The molecule has 78 heavy (non-hydrogen) atoms. The molecule has 4 heterocycles. The number of carbonyl (C=O) groups is 5. The van der Waals surface area contributed by atoms with Crippen LogP contribution in [0.4, 0.5) is 0 Å². The number of aromatic hydroxyl groups is 1. The number of benzene rings is 3. The van der Waals surface area contributed by atoms with Gasteiger partial charge in [0.25, 0.3) is 0 Å². The van der Waals surface area contributed by atoms with Crippen molar-refractivity contribution in [3.05, 3.63) is 108 Å². The van der Waals surface area contributed by atoms with E-state index in [-0.39, 0.29) is 16.9 Å². The van der Waals surface area contributed by atoms with Crippen LogP contribution < -0.4 is 0 Å². The van der Waals surface area contributed by atoms with Gasteiger partial charge >= 0.3 is 29.8 Å². The molecule has 0 spiro atoms. The smallest absolute Gasteiger partial charge is 0.338 e. The summed E-state index contributed by atoms with van der Waals surface area (Å²) in [5.41, 5.74) is 0.233. The number of hydrogen-bond acceptors (Lipinski definition) is 27. The van der Waals surface area contributed by atoms with Gasteiger partial charge in [0.15, 0.2) is 31.1 Å². The quantitative estimate of drug-likeness (QED) is 0.0308. The normalized spacial score (nSPS) is 34.9. The van der Waals surface area contributed by atoms with Gasteiger partial charge < -0.3 is 108 Å². The van der Waals surface area contributed by atoms with Gasteiger partial charge in [0.05, 0.1) is 24.3 Å². The predicted octanol–water partition coefficient (Wildman–Crippen LogP) is -2.91. The minimum absolute atomic E-state index is 0.0372. The van der Waals surface area contributed by atoms with Crippen LogP contribution in [0.3, 0.4) is 0 Å². The van der Waals surface area contributed by atoms with E-state index in [2.05, 4.69) is 0 Å². The third kappa shape index (κ3) is 14.2. The summed E-state index contributed by atoms with van der Waals surface area (Å²) in [6.07, 6.45) is -35.2. The van der Waals surface area contributed by atoms with E-state index in [0.717, 1.165) is 19.9 Å². The maximum absolute atomic E-state index is 14.0. The minimum Gasteiger partial charge on any atom is -0.508 e. The van der Waals surface area contributed by atoms with Crippen molar-refractivity contribution in [2.24, 2.45) is 0 Å². The molecule has 426 valence electrons. The van der Waals surface area contributed by atoms with Crippen molar-refractivity contribution >= 4 is 35.9 Å². The number of rotatable bonds is 20. The first-order valence-corrected chi connectivity index (χ1v) is 24.3. The summed E-state index contributed by atoms with van der Waals surface area (Å²) in [7, 11) is 0. The van der Waals surface area contributed by atoms with Crippen molar-refractivity contribution in [3.8, 4) is 5.75 Å². The summed E-state index contributed by atoms with van der Waals surface area (Å²) in [6.45, 7) is -2.84. The van der Waals surface area contributed by atoms with Crippen LogP contribution in [0.5, 0.6) is 5.75 Å². The summed E-state index contributed by atoms with van der Waals surface area (Å²) in [6, 6.07) is 20.1. The maximum atomic E-state index is 14.0. The Kier molecular flexibility index (Phi) is 20.4. The fourth-order valence-electron chi connectivity index (χ4n) is 8.70. The van der Waals surface area contributed by atoms with Gasteiger partial charge in [0.2, 0.25) is 5.79 Å². The van der Waals surface area contributed by atoms with Crippen LogP contribution in [-0.2, 0) is 71.2 Å². The highest BCUT2D eigenvalue weighted by molar-refractivity contribution is 5.90. The molecule has 4 saturated heterocycles. The Hall–Kier alpha value is -6.09. The lowest BCUT2D eigenvalue weighted by molar-refractivity contribution is -0.421. The van der Waals surface area contributed by atoms with E-state index >= 15 is 0 Å². The van der Waals surface area contributed by atoms with Gasteiger partial charge in [-0.1, -0.05) is 48.5 Å². The lowest BCUT2D eigenvalue weighted by atomic mass is 9.95. The molecule has 3 aromatic rings. The van der Waals surface area contributed by atoms with E-state index in [1.807, 2.05) is 0 Å². The van der Waals surface area contributed by atoms with Gasteiger partial charge in [-0.05, 0) is 48.0 Å². The number of esters is 5. The molecule has 19 atom stereocenters. The Bertz CT molecular complexity index is 2500. The van der Waals surface area contributed by atoms with Crippen LogP contribution in [0.15, 0.2) is 91.0 Å². The largest absolute Gasteiger partial charge is 0.508 e. The Balaban J connectivity index is 1.40. The average Bonchev–Trinajstić information content (AvgIpc) is 3.78. The molecule has 0 saturated carbocycles. The molecule has 0 amide bonds. The van der Waals surface area contributed by atoms with E-state index < -0.39 is 179 Å². The predicted molar refractivity (Wildman–Crippen MR) is 253 cm³/mol. The highest BCUT2D eigenvalue weighted by atomic mass is 16.8. The fourth-order valence-corrected chi connectivity index (χ4v) is 8.70. The summed E-state index contributed by atoms with van der Waals surface area (Å²) >= 11 is 0. The zero-order valence-electron chi connectivity index (χ0n) is 41.6. The number of ether oxygens (including phenoxy) is 12. The first kappa shape index (κ1) is 59.6. The average molecular weight is 1110 g/mol. The van der Waals surface area contributed by atoms with Crippen molar-refractivity contribution in [2.45, 2.75) is 130 Å². The first-order valence-electron chi connectivity index (χ1n) is 24.3. The molecule has 0 bridgehead atoms. The summed E-state index contributed by atoms with van der Waals surface area (Å²) in [5, 5.41) is 109. The molecule has 10 N–H and O–H groups in total. The molecule has 3 aromatic carbocycles. The Morgan fingerprint density at radius 3 is 1.62 bits per heavy atom. The van der Waals surface area contributed by atoms with E-state index in [1.54, 1.807) is 12.1 Å². The van der Waals surface area contributed by atoms with E-state index in [0.29, 0.717) is 5.56 Å². The zero-order valence-corrected chi connectivity index (χ0v) is 41.6. The lowest BCUT2D eigenvalue weighted by Gasteiger charge is -2.50. The number of aliphatic hydroxyl groups is 9. The molecule has 27 nitrogen and oxygen atoms in total. The summed E-state index contributed by atoms with van der Waals surface area (Å²) in [4.78, 5) is 66.1. The maximum Gasteiger partial charge on any atom is 0.338 e. The molecular weight excluding hydrogens is 1040 g/mol. The highest BCUT2D eigenvalue weighted by Gasteiger charge is 2.64. The summed E-state index contributed by atoms with van der Waals surface area (Å²) in [5.74, 6) is -8.19. The molecular formula is C51H60O27. The molecule has 4 fully saturated rings. The lowest BCUT2D eigenvalue weighted by Crippen LogP contribution is -2.69. The van der Waals surface area contributed by atoms with Crippen LogP contribution in [0, 0.1) is 0 Å². The van der Waals surface area contributed by atoms with Gasteiger partial charge in [0, 0.05) is 19.9 Å². The van der Waals surface area contributed by atoms with Gasteiger partial charge in [-0.25, -0.2) is 14.4 Å². The van der Waals surface area contributed by atoms with Crippen LogP contribution in [-0.4, -0.2) is 230 Å². The highest BCUT2D eigenvalue weighted by Crippen LogP contribution is 2.42. The molecule has 0 unspecified atom stereocenters. The van der Waals surface area contributed by atoms with Crippen molar-refractivity contribution in [2.75, 3.05) is 33.0 Å². The van der Waals surface area contributed by atoms with Gasteiger partial charge in [-0.15, -0.1) is 0 Å². The first-order chi connectivity index (χ1) is 37.2. The second-order valence-corrected chi connectivity index (χ2v) is 18.3. The van der Waals surface area contributed by atoms with Crippen LogP contribution in [0.1, 0.15) is 40.1 Å². The molecule has 4 aliphatic rings. The van der Waals surface area contributed by atoms with Crippen LogP contribution >= 0.6 is 0 Å². The van der Waals surface area contributed by atoms with E-state index in [1.165, 1.54) is 78.9 Å². The zero-order chi connectivity index (χ0) is 56.4. The fraction of sp³-hybridized carbons (Fsp3) is 0.510. The van der Waals surface area contributed by atoms with Gasteiger partial charge in [0.1, 0.15) is 105 Å². The van der Waals surface area contributed by atoms with Crippen molar-refractivity contribution in [1.82, 2.24) is 0 Å². The van der Waals surface area contributed by atoms with E-state index in [9.17, 15) is 75.0 Å². The second-order valence-electron chi connectivity index (χ2n) is 18.3. The summed E-state index contributed by atoms with van der Waals surface area (Å²) < 4.78 is 71.3. The third-order valence-electron chi connectivity index (χ3n) is 12.8. The standard InChI is InChI=1S/C51H60O27/c1-24(54)67-21-32-36(59)39(62)41(64)49(71-32)74-43-42(73-34(57)18-15-26-13-16-29(56)17-14-26)33(22-68-25(2)55)72-50(44(43)75-48-40(63)38(61)35(58)30(19-52)70-48)78-51(23-69-46(65)27-9-5-3-6-10-27)45(37(60)31(20-53)77-51)76-47(66)28-11-7-4-8-12-28/h3-18,30-33,35-45,48-50,52-53,56,58-64H,19-23H2,1-2H3/b18-15-/t30-,31+,32-,33+,35+,36+,37+,38-,39-,40+,41+,42+,43-,44+,45-,48-,49-,50+,51-/m0/s1. The van der Waals surface area contributed by atoms with Crippen LogP contribution in [0.2, 0.25) is 0 Å². The number of phenolic OH excluding ortho intramolecular Hbond substituents is 1. The molecule has 0 aliphatic carbocycles.